The van der Waals surface area contributed by atoms with E-state index in [1.165, 1.54) is 46.4 Å². The van der Waals surface area contributed by atoms with Crippen LogP contribution in [-0.4, -0.2) is 67.4 Å². The van der Waals surface area contributed by atoms with Crippen molar-refractivity contribution in [3.05, 3.63) is 12.0 Å². The molecule has 0 spiro atoms. The molecule has 80 valence electrons. The van der Waals surface area contributed by atoms with E-state index in [2.05, 4.69) is 4.90 Å². The van der Waals surface area contributed by atoms with Gasteiger partial charge in [0, 0.05) is 19.6 Å². The van der Waals surface area contributed by atoms with Crippen molar-refractivity contribution in [3.8, 4) is 0 Å². The minimum absolute atomic E-state index is 0.0607. The van der Waals surface area contributed by atoms with Crippen LogP contribution in [0.4, 0.5) is 0 Å². The highest BCUT2D eigenvalue weighted by atomic mass is 16.6. The lowest BCUT2D eigenvalue weighted by atomic mass is 10.1. The van der Waals surface area contributed by atoms with Crippen molar-refractivity contribution in [2.24, 2.45) is 0 Å². The number of methoxy groups -OCH3 is 1. The van der Waals surface area contributed by atoms with Gasteiger partial charge in [0.1, 0.15) is 6.54 Å². The van der Waals surface area contributed by atoms with E-state index in [0.717, 1.165) is 11.0 Å². The van der Waals surface area contributed by atoms with Crippen LogP contribution in [0, 0.1) is 0 Å². The third-order valence-electron chi connectivity index (χ3n) is 3.53. The maximum absolute atomic E-state index is 9.23. The summed E-state index contributed by atoms with van der Waals surface area (Å²) in [7, 11) is 1.50. The number of quaternary nitrogens is 1. The standard InChI is InChI=1S/C10H18N2O2/c1-14-10(13)2-6-12-7-3-11(4-8-12)5-9-12/h2H,3-9H2,1H3/p+1/b10-2+. The quantitative estimate of drug-likeness (QED) is 0.520. The lowest BCUT2D eigenvalue weighted by Crippen LogP contribution is -2.67. The number of nitrogens with zero attached hydrogens (tertiary/aromatic N) is 2. The predicted octanol–water partition coefficient (Wildman–Crippen LogP) is 0.178. The fraction of sp³-hybridized carbons (Fsp3) is 0.800. The first-order chi connectivity index (χ1) is 6.74. The summed E-state index contributed by atoms with van der Waals surface area (Å²) in [6.07, 6.45) is 1.81. The highest BCUT2D eigenvalue weighted by molar-refractivity contribution is 4.83. The Labute approximate surface area is 85.0 Å². The summed E-state index contributed by atoms with van der Waals surface area (Å²) < 4.78 is 5.87. The Kier molecular flexibility index (Phi) is 2.65. The van der Waals surface area contributed by atoms with Crippen LogP contribution in [0.3, 0.4) is 0 Å². The van der Waals surface area contributed by atoms with Crippen molar-refractivity contribution < 1.29 is 14.3 Å². The zero-order valence-corrected chi connectivity index (χ0v) is 8.78. The molecule has 3 aliphatic heterocycles. The monoisotopic (exact) mass is 199 g/mol. The van der Waals surface area contributed by atoms with Gasteiger partial charge in [0.25, 0.3) is 5.95 Å². The van der Waals surface area contributed by atoms with E-state index in [1.54, 1.807) is 6.08 Å². The average molecular weight is 199 g/mol. The highest BCUT2D eigenvalue weighted by Crippen LogP contribution is 2.19. The molecular formula is C10H19N2O2+. The maximum Gasteiger partial charge on any atom is 0.277 e. The van der Waals surface area contributed by atoms with Gasteiger partial charge in [0.15, 0.2) is 0 Å². The summed E-state index contributed by atoms with van der Waals surface area (Å²) in [5, 5.41) is 9.23. The van der Waals surface area contributed by atoms with Crippen molar-refractivity contribution in [3.63, 3.8) is 0 Å². The Bertz CT molecular complexity index is 219. The Hall–Kier alpha value is -0.740. The number of fused-ring (bicyclic) bond motifs is 3. The smallest absolute Gasteiger partial charge is 0.277 e. The molecule has 0 unspecified atom stereocenters. The van der Waals surface area contributed by atoms with Crippen LogP contribution in [0.1, 0.15) is 0 Å². The summed E-state index contributed by atoms with van der Waals surface area (Å²) in [6.45, 7) is 8.19. The lowest BCUT2D eigenvalue weighted by molar-refractivity contribution is -0.935. The van der Waals surface area contributed by atoms with Crippen molar-refractivity contribution in [1.29, 1.82) is 0 Å². The van der Waals surface area contributed by atoms with Gasteiger partial charge >= 0.3 is 0 Å². The second-order valence-corrected chi connectivity index (χ2v) is 4.28. The van der Waals surface area contributed by atoms with Crippen LogP contribution in [0.15, 0.2) is 12.0 Å². The van der Waals surface area contributed by atoms with Gasteiger partial charge in [-0.25, -0.2) is 0 Å². The van der Waals surface area contributed by atoms with Crippen LogP contribution >= 0.6 is 0 Å². The molecule has 4 nitrogen and oxygen atoms in total. The van der Waals surface area contributed by atoms with E-state index < -0.39 is 0 Å². The number of piperazine rings is 3. The van der Waals surface area contributed by atoms with E-state index in [-0.39, 0.29) is 5.95 Å². The molecule has 14 heavy (non-hydrogen) atoms. The molecule has 3 aliphatic rings. The highest BCUT2D eigenvalue weighted by Gasteiger charge is 2.37. The van der Waals surface area contributed by atoms with Gasteiger partial charge in [-0.3, -0.25) is 4.90 Å². The Morgan fingerprint density at radius 3 is 2.43 bits per heavy atom. The molecule has 0 aromatic carbocycles. The maximum atomic E-state index is 9.23. The van der Waals surface area contributed by atoms with E-state index in [9.17, 15) is 5.11 Å². The predicted molar refractivity (Wildman–Crippen MR) is 53.9 cm³/mol. The van der Waals surface area contributed by atoms with Crippen LogP contribution < -0.4 is 0 Å². The molecule has 0 aliphatic carbocycles. The van der Waals surface area contributed by atoms with Gasteiger partial charge in [-0.2, -0.15) is 0 Å². The number of ether oxygens (including phenoxy) is 1. The summed E-state index contributed by atoms with van der Waals surface area (Å²) in [5.41, 5.74) is 0. The first-order valence-electron chi connectivity index (χ1n) is 5.25. The third-order valence-corrected chi connectivity index (χ3v) is 3.53. The zero-order chi connectivity index (χ0) is 10.0. The number of aliphatic hydroxyl groups excluding tert-OH is 1. The lowest BCUT2D eigenvalue weighted by Gasteiger charge is -2.50. The molecule has 0 amide bonds. The molecule has 3 fully saturated rings. The topological polar surface area (TPSA) is 32.7 Å². The van der Waals surface area contributed by atoms with Gasteiger partial charge in [0.2, 0.25) is 0 Å². The van der Waals surface area contributed by atoms with E-state index >= 15 is 0 Å². The summed E-state index contributed by atoms with van der Waals surface area (Å²) in [4.78, 5) is 2.51. The molecule has 2 bridgehead atoms. The normalized spacial score (nSPS) is 37.2. The molecule has 0 saturated carbocycles. The number of aliphatic hydroxyl groups is 1. The van der Waals surface area contributed by atoms with Crippen LogP contribution in [0.2, 0.25) is 0 Å². The van der Waals surface area contributed by atoms with Crippen LogP contribution in [0.5, 0.6) is 0 Å². The van der Waals surface area contributed by atoms with Crippen molar-refractivity contribution >= 4 is 0 Å². The summed E-state index contributed by atoms with van der Waals surface area (Å²) in [6, 6.07) is 0. The minimum atomic E-state index is 0.0607. The average Bonchev–Trinajstić information content (AvgIpc) is 2.28. The van der Waals surface area contributed by atoms with Crippen molar-refractivity contribution in [1.82, 2.24) is 4.90 Å². The molecule has 3 heterocycles. The Morgan fingerprint density at radius 1 is 1.36 bits per heavy atom. The summed E-state index contributed by atoms with van der Waals surface area (Å²) in [5.74, 6) is 0.0607. The van der Waals surface area contributed by atoms with E-state index in [4.69, 9.17) is 4.74 Å². The summed E-state index contributed by atoms with van der Waals surface area (Å²) >= 11 is 0. The SMILES string of the molecule is CO/C(O)=C/C[N+]12CCN(CC1)CC2. The van der Waals surface area contributed by atoms with Gasteiger partial charge in [-0.05, 0) is 0 Å². The zero-order valence-electron chi connectivity index (χ0n) is 8.78. The Morgan fingerprint density at radius 2 is 1.93 bits per heavy atom. The molecule has 3 rings (SSSR count). The fourth-order valence-electron chi connectivity index (χ4n) is 2.36. The van der Waals surface area contributed by atoms with E-state index in [1.807, 2.05) is 0 Å². The second-order valence-electron chi connectivity index (χ2n) is 4.28. The number of hydrogen-bond donors (Lipinski definition) is 1. The fourth-order valence-corrected chi connectivity index (χ4v) is 2.36. The second kappa shape index (κ2) is 3.79. The van der Waals surface area contributed by atoms with Gasteiger partial charge in [0.05, 0.1) is 32.8 Å². The molecule has 0 aromatic heterocycles. The molecule has 1 N–H and O–H groups in total. The molecule has 0 aromatic rings. The molecule has 3 saturated heterocycles. The third kappa shape index (κ3) is 1.86. The van der Waals surface area contributed by atoms with E-state index in [0.29, 0.717) is 0 Å². The first kappa shape index (κ1) is 9.80. The molecule has 0 radical (unpaired) electrons. The molecule has 0 atom stereocenters. The number of hydrogen-bond acceptors (Lipinski definition) is 3. The van der Waals surface area contributed by atoms with Gasteiger partial charge in [-0.15, -0.1) is 0 Å². The minimum Gasteiger partial charge on any atom is -0.481 e. The van der Waals surface area contributed by atoms with Crippen LogP contribution in [-0.2, 0) is 4.74 Å². The van der Waals surface area contributed by atoms with Crippen molar-refractivity contribution in [2.45, 2.75) is 0 Å². The molecule has 4 heteroatoms. The molecular weight excluding hydrogens is 180 g/mol. The largest absolute Gasteiger partial charge is 0.481 e. The first-order valence-corrected chi connectivity index (χ1v) is 5.25. The van der Waals surface area contributed by atoms with Gasteiger partial charge in [-0.1, -0.05) is 0 Å². The van der Waals surface area contributed by atoms with Crippen molar-refractivity contribution in [2.75, 3.05) is 52.9 Å². The number of rotatable bonds is 3. The van der Waals surface area contributed by atoms with Gasteiger partial charge < -0.3 is 14.3 Å². The van der Waals surface area contributed by atoms with Crippen LogP contribution in [0.25, 0.3) is 0 Å². The Balaban J connectivity index is 1.95.